The van der Waals surface area contributed by atoms with Crippen LogP contribution < -0.4 is 9.47 Å². The summed E-state index contributed by atoms with van der Waals surface area (Å²) < 4.78 is 23.3. The standard InChI is InChI=1S/C25H21Cl2NO5S/c1-16(24(29)31-14-13-30-15-19-20(26)5-4-6-21(19)27)32-17-9-11-18(12-10-17)33-25-28-22-7-2-3-8-23(22)34-25/h2-12,16H,13-15H2,1H3. The molecule has 0 aliphatic heterocycles. The molecule has 4 aromatic rings. The Balaban J connectivity index is 1.20. The van der Waals surface area contributed by atoms with Gasteiger partial charge >= 0.3 is 5.97 Å². The second-order valence-electron chi connectivity index (χ2n) is 7.20. The minimum atomic E-state index is -0.783. The van der Waals surface area contributed by atoms with Gasteiger partial charge in [0.2, 0.25) is 0 Å². The van der Waals surface area contributed by atoms with Crippen molar-refractivity contribution >= 4 is 50.7 Å². The Hall–Kier alpha value is -2.84. The van der Waals surface area contributed by atoms with Crippen molar-refractivity contribution in [3.8, 4) is 16.7 Å². The van der Waals surface area contributed by atoms with Gasteiger partial charge < -0.3 is 18.9 Å². The van der Waals surface area contributed by atoms with Gasteiger partial charge in [-0.1, -0.05) is 52.7 Å². The van der Waals surface area contributed by atoms with Crippen molar-refractivity contribution in [2.75, 3.05) is 13.2 Å². The van der Waals surface area contributed by atoms with Crippen LogP contribution in [0.3, 0.4) is 0 Å². The number of fused-ring (bicyclic) bond motifs is 1. The number of esters is 1. The number of ether oxygens (including phenoxy) is 4. The maximum Gasteiger partial charge on any atom is 0.347 e. The van der Waals surface area contributed by atoms with E-state index < -0.39 is 12.1 Å². The molecule has 4 rings (SSSR count). The molecule has 1 aromatic heterocycles. The van der Waals surface area contributed by atoms with Crippen LogP contribution in [0.15, 0.2) is 66.7 Å². The van der Waals surface area contributed by atoms with Gasteiger partial charge in [0.25, 0.3) is 5.19 Å². The Bertz CT molecular complexity index is 1210. The topological polar surface area (TPSA) is 66.9 Å². The third-order valence-corrected chi connectivity index (χ3v) is 6.35. The second-order valence-corrected chi connectivity index (χ2v) is 9.01. The average Bonchev–Trinajstić information content (AvgIpc) is 3.24. The molecule has 0 N–H and O–H groups in total. The summed E-state index contributed by atoms with van der Waals surface area (Å²) in [6.45, 7) is 2.15. The first-order chi connectivity index (χ1) is 16.5. The number of hydrogen-bond donors (Lipinski definition) is 0. The fraction of sp³-hybridized carbons (Fsp3) is 0.200. The minimum Gasteiger partial charge on any atom is -0.479 e. The highest BCUT2D eigenvalue weighted by Crippen LogP contribution is 2.31. The van der Waals surface area contributed by atoms with Crippen LogP contribution in [-0.4, -0.2) is 30.3 Å². The number of thiazole rings is 1. The number of halogens is 2. The zero-order valence-corrected chi connectivity index (χ0v) is 20.5. The minimum absolute atomic E-state index is 0.0869. The molecule has 3 aromatic carbocycles. The van der Waals surface area contributed by atoms with Crippen LogP contribution in [0, 0.1) is 0 Å². The quantitative estimate of drug-likeness (QED) is 0.168. The van der Waals surface area contributed by atoms with E-state index in [0.29, 0.717) is 32.3 Å². The van der Waals surface area contributed by atoms with Crippen LogP contribution in [0.2, 0.25) is 10.0 Å². The summed E-state index contributed by atoms with van der Waals surface area (Å²) in [4.78, 5) is 16.7. The van der Waals surface area contributed by atoms with Crippen LogP contribution in [0.1, 0.15) is 12.5 Å². The first kappa shape index (κ1) is 24.3. The van der Waals surface area contributed by atoms with E-state index in [0.717, 1.165) is 10.2 Å². The van der Waals surface area contributed by atoms with E-state index in [2.05, 4.69) is 4.98 Å². The molecule has 0 spiro atoms. The molecule has 1 atom stereocenters. The van der Waals surface area contributed by atoms with Crippen LogP contribution in [0.4, 0.5) is 0 Å². The zero-order chi connectivity index (χ0) is 23.9. The summed E-state index contributed by atoms with van der Waals surface area (Å²) in [5.74, 6) is 0.650. The van der Waals surface area contributed by atoms with E-state index in [9.17, 15) is 4.79 Å². The molecule has 1 heterocycles. The predicted octanol–water partition coefficient (Wildman–Crippen LogP) is 6.92. The molecular formula is C25H21Cl2NO5S. The van der Waals surface area contributed by atoms with Gasteiger partial charge in [-0.05, 0) is 55.5 Å². The Labute approximate surface area is 210 Å². The lowest BCUT2D eigenvalue weighted by molar-refractivity contribution is -0.152. The molecule has 0 aliphatic rings. The number of nitrogens with zero attached hydrogens (tertiary/aromatic N) is 1. The lowest BCUT2D eigenvalue weighted by Gasteiger charge is -2.14. The predicted molar refractivity (Wildman–Crippen MR) is 133 cm³/mol. The Morgan fingerprint density at radius 1 is 0.941 bits per heavy atom. The molecule has 6 nitrogen and oxygen atoms in total. The van der Waals surface area contributed by atoms with Gasteiger partial charge in [-0.2, -0.15) is 0 Å². The number of rotatable bonds is 10. The van der Waals surface area contributed by atoms with Gasteiger partial charge in [-0.3, -0.25) is 0 Å². The smallest absolute Gasteiger partial charge is 0.347 e. The highest BCUT2D eigenvalue weighted by Gasteiger charge is 2.16. The van der Waals surface area contributed by atoms with E-state index in [1.165, 1.54) is 11.3 Å². The molecule has 0 radical (unpaired) electrons. The summed E-state index contributed by atoms with van der Waals surface area (Å²) in [7, 11) is 0. The first-order valence-corrected chi connectivity index (χ1v) is 12.0. The maximum atomic E-state index is 12.2. The van der Waals surface area contributed by atoms with Crippen molar-refractivity contribution < 1.29 is 23.7 Å². The lowest BCUT2D eigenvalue weighted by Crippen LogP contribution is -2.27. The van der Waals surface area contributed by atoms with Crippen LogP contribution in [0.5, 0.6) is 16.7 Å². The summed E-state index contributed by atoms with van der Waals surface area (Å²) in [5.41, 5.74) is 1.59. The van der Waals surface area contributed by atoms with Gasteiger partial charge in [0.1, 0.15) is 18.1 Å². The summed E-state index contributed by atoms with van der Waals surface area (Å²) in [6, 6.07) is 20.1. The van der Waals surface area contributed by atoms with Crippen LogP contribution in [0.25, 0.3) is 10.2 Å². The third-order valence-electron chi connectivity index (χ3n) is 4.73. The highest BCUT2D eigenvalue weighted by atomic mass is 35.5. The third kappa shape index (κ3) is 6.39. The number of hydrogen-bond acceptors (Lipinski definition) is 7. The fourth-order valence-electron chi connectivity index (χ4n) is 3.00. The van der Waals surface area contributed by atoms with Crippen molar-refractivity contribution in [3.63, 3.8) is 0 Å². The molecule has 1 unspecified atom stereocenters. The fourth-order valence-corrected chi connectivity index (χ4v) is 4.34. The first-order valence-electron chi connectivity index (χ1n) is 10.5. The molecule has 0 saturated carbocycles. The summed E-state index contributed by atoms with van der Waals surface area (Å²) >= 11 is 13.7. The lowest BCUT2D eigenvalue weighted by atomic mass is 10.2. The van der Waals surface area contributed by atoms with Crippen molar-refractivity contribution in [2.24, 2.45) is 0 Å². The largest absolute Gasteiger partial charge is 0.479 e. The van der Waals surface area contributed by atoms with Crippen molar-refractivity contribution in [3.05, 3.63) is 82.3 Å². The van der Waals surface area contributed by atoms with Gasteiger partial charge in [0.15, 0.2) is 6.10 Å². The van der Waals surface area contributed by atoms with Crippen molar-refractivity contribution in [2.45, 2.75) is 19.6 Å². The van der Waals surface area contributed by atoms with E-state index in [1.54, 1.807) is 49.4 Å². The average molecular weight is 518 g/mol. The molecule has 0 saturated heterocycles. The van der Waals surface area contributed by atoms with Gasteiger partial charge in [0, 0.05) is 15.6 Å². The number of aromatic nitrogens is 1. The molecular weight excluding hydrogens is 497 g/mol. The maximum absolute atomic E-state index is 12.2. The number of carbonyl (C=O) groups is 1. The summed E-state index contributed by atoms with van der Waals surface area (Å²) in [5, 5.41) is 1.62. The van der Waals surface area contributed by atoms with Gasteiger partial charge in [-0.15, -0.1) is 0 Å². The summed E-state index contributed by atoms with van der Waals surface area (Å²) in [6.07, 6.45) is -0.783. The van der Waals surface area contributed by atoms with Gasteiger partial charge in [-0.25, -0.2) is 9.78 Å². The van der Waals surface area contributed by atoms with Crippen molar-refractivity contribution in [1.82, 2.24) is 4.98 Å². The van der Waals surface area contributed by atoms with E-state index in [1.807, 2.05) is 24.3 Å². The Kier molecular flexibility index (Phi) is 8.24. The molecule has 0 amide bonds. The number of benzene rings is 3. The molecule has 34 heavy (non-hydrogen) atoms. The van der Waals surface area contributed by atoms with Gasteiger partial charge in [0.05, 0.1) is 23.4 Å². The number of para-hydroxylation sites is 1. The Morgan fingerprint density at radius 2 is 1.65 bits per heavy atom. The zero-order valence-electron chi connectivity index (χ0n) is 18.2. The molecule has 176 valence electrons. The van der Waals surface area contributed by atoms with E-state index in [-0.39, 0.29) is 19.8 Å². The molecule has 0 aliphatic carbocycles. The second kappa shape index (κ2) is 11.5. The molecule has 9 heteroatoms. The Morgan fingerprint density at radius 3 is 2.38 bits per heavy atom. The van der Waals surface area contributed by atoms with Crippen molar-refractivity contribution in [1.29, 1.82) is 0 Å². The monoisotopic (exact) mass is 517 g/mol. The SMILES string of the molecule is CC(Oc1ccc(Oc2nc3ccccc3s2)cc1)C(=O)OCCOCc1c(Cl)cccc1Cl. The molecule has 0 fully saturated rings. The van der Waals surface area contributed by atoms with Crippen LogP contribution >= 0.6 is 34.5 Å². The number of carbonyl (C=O) groups excluding carboxylic acids is 1. The highest BCUT2D eigenvalue weighted by molar-refractivity contribution is 7.20. The normalized spacial score (nSPS) is 11.9. The van der Waals surface area contributed by atoms with Crippen LogP contribution in [-0.2, 0) is 20.9 Å². The molecule has 0 bridgehead atoms. The van der Waals surface area contributed by atoms with E-state index >= 15 is 0 Å². The van der Waals surface area contributed by atoms with E-state index in [4.69, 9.17) is 42.1 Å².